The van der Waals surface area contributed by atoms with Gasteiger partial charge in [-0.15, -0.1) is 11.3 Å². The minimum atomic E-state index is 0.628. The van der Waals surface area contributed by atoms with Crippen molar-refractivity contribution >= 4 is 75.0 Å². The summed E-state index contributed by atoms with van der Waals surface area (Å²) in [4.78, 5) is 15.2. The molecule has 58 heavy (non-hydrogen) atoms. The fraction of sp³-hybridized carbons (Fsp3) is 0. The number of aromatic nitrogens is 3. The highest BCUT2D eigenvalue weighted by Crippen LogP contribution is 2.44. The molecule has 0 amide bonds. The number of benzene rings is 9. The molecule has 270 valence electrons. The van der Waals surface area contributed by atoms with Crippen molar-refractivity contribution in [1.82, 2.24) is 15.0 Å². The lowest BCUT2D eigenvalue weighted by Gasteiger charge is -2.11. The first kappa shape index (κ1) is 32.7. The molecular weight excluding hydrogens is 727 g/mol. The van der Waals surface area contributed by atoms with E-state index >= 15 is 0 Å². The number of thiophene rings is 1. The van der Waals surface area contributed by atoms with E-state index in [-0.39, 0.29) is 0 Å². The van der Waals surface area contributed by atoms with Crippen molar-refractivity contribution in [3.63, 3.8) is 0 Å². The first-order valence-corrected chi connectivity index (χ1v) is 20.2. The van der Waals surface area contributed by atoms with E-state index in [0.717, 1.165) is 66.3 Å². The molecule has 3 aromatic heterocycles. The topological polar surface area (TPSA) is 51.8 Å². The summed E-state index contributed by atoms with van der Waals surface area (Å²) in [6.07, 6.45) is 0. The molecule has 0 bridgehead atoms. The predicted molar refractivity (Wildman–Crippen MR) is 242 cm³/mol. The van der Waals surface area contributed by atoms with Gasteiger partial charge in [-0.25, -0.2) is 15.0 Å². The van der Waals surface area contributed by atoms with Gasteiger partial charge in [0.05, 0.1) is 0 Å². The van der Waals surface area contributed by atoms with Crippen LogP contribution in [-0.2, 0) is 0 Å². The van der Waals surface area contributed by atoms with Crippen LogP contribution < -0.4 is 0 Å². The molecule has 0 atom stereocenters. The van der Waals surface area contributed by atoms with E-state index in [1.54, 1.807) is 0 Å². The molecule has 0 unspecified atom stereocenters. The Morgan fingerprint density at radius 2 is 0.914 bits per heavy atom. The Morgan fingerprint density at radius 3 is 1.71 bits per heavy atom. The van der Waals surface area contributed by atoms with Crippen LogP contribution in [0.4, 0.5) is 0 Å². The molecule has 12 aromatic rings. The molecule has 0 saturated heterocycles. The van der Waals surface area contributed by atoms with Gasteiger partial charge < -0.3 is 4.42 Å². The third kappa shape index (κ3) is 5.40. The van der Waals surface area contributed by atoms with Gasteiger partial charge in [-0.1, -0.05) is 140 Å². The first-order chi connectivity index (χ1) is 28.7. The number of furan rings is 1. The Hall–Kier alpha value is -7.47. The van der Waals surface area contributed by atoms with E-state index in [2.05, 4.69) is 158 Å². The summed E-state index contributed by atoms with van der Waals surface area (Å²) in [6, 6.07) is 66.3. The van der Waals surface area contributed by atoms with E-state index in [1.807, 2.05) is 41.7 Å². The highest BCUT2D eigenvalue weighted by atomic mass is 32.1. The van der Waals surface area contributed by atoms with Gasteiger partial charge in [0.2, 0.25) is 0 Å². The van der Waals surface area contributed by atoms with Crippen molar-refractivity contribution in [2.45, 2.75) is 0 Å². The monoisotopic (exact) mass is 757 g/mol. The fourth-order valence-corrected chi connectivity index (χ4v) is 9.49. The maximum Gasteiger partial charge on any atom is 0.164 e. The Labute approximate surface area is 337 Å². The second-order valence-corrected chi connectivity index (χ2v) is 15.9. The van der Waals surface area contributed by atoms with E-state index < -0.39 is 0 Å². The predicted octanol–water partition coefficient (Wildman–Crippen LogP) is 14.8. The van der Waals surface area contributed by atoms with Crippen molar-refractivity contribution in [1.29, 1.82) is 0 Å². The van der Waals surface area contributed by atoms with Gasteiger partial charge in [0, 0.05) is 53.2 Å². The molecule has 9 aromatic carbocycles. The Morgan fingerprint density at radius 1 is 0.345 bits per heavy atom. The van der Waals surface area contributed by atoms with Crippen molar-refractivity contribution in [2.24, 2.45) is 0 Å². The lowest BCUT2D eigenvalue weighted by atomic mass is 9.93. The van der Waals surface area contributed by atoms with E-state index in [1.165, 1.54) is 36.3 Å². The summed E-state index contributed by atoms with van der Waals surface area (Å²) < 4.78 is 9.36. The van der Waals surface area contributed by atoms with Crippen LogP contribution in [0.25, 0.3) is 120 Å². The second kappa shape index (κ2) is 13.1. The highest BCUT2D eigenvalue weighted by molar-refractivity contribution is 7.25. The quantitative estimate of drug-likeness (QED) is 0.175. The largest absolute Gasteiger partial charge is 0.455 e. The van der Waals surface area contributed by atoms with Gasteiger partial charge >= 0.3 is 0 Å². The molecule has 5 heteroatoms. The minimum absolute atomic E-state index is 0.628. The minimum Gasteiger partial charge on any atom is -0.455 e. The fourth-order valence-electron chi connectivity index (χ4n) is 8.40. The number of fused-ring (bicyclic) bond motifs is 8. The standard InChI is InChI=1S/C53H31N3OS/c1-2-11-34(12-3-1)51-54-52(56-53(55-51)40-24-27-48-44(30-40)43-16-8-9-17-47(43)58-48)35-21-19-33(20-22-35)41-25-26-42(39-23-18-32-10-4-5-13-36(32)28-39)50-49(41)45-29-37-14-6-7-15-38(37)31-46(45)57-50/h1-31H. The zero-order valence-electron chi connectivity index (χ0n) is 31.1. The molecule has 3 heterocycles. The van der Waals surface area contributed by atoms with E-state index in [4.69, 9.17) is 19.4 Å². The molecular formula is C53H31N3OS. The van der Waals surface area contributed by atoms with Crippen LogP contribution in [0.1, 0.15) is 0 Å². The first-order valence-electron chi connectivity index (χ1n) is 19.4. The van der Waals surface area contributed by atoms with Crippen LogP contribution >= 0.6 is 11.3 Å². The summed E-state index contributed by atoms with van der Waals surface area (Å²) in [5, 5.41) is 9.41. The SMILES string of the molecule is c1ccc(-c2nc(-c3ccc(-c4ccc(-c5ccc6ccccc6c5)c5oc6cc7ccccc7cc6c45)cc3)nc(-c3ccc4sc5ccccc5c4c3)n2)cc1. The number of hydrogen-bond acceptors (Lipinski definition) is 5. The van der Waals surface area contributed by atoms with Crippen LogP contribution in [-0.4, -0.2) is 15.0 Å². The third-order valence-electron chi connectivity index (χ3n) is 11.3. The zero-order valence-corrected chi connectivity index (χ0v) is 31.9. The lowest BCUT2D eigenvalue weighted by molar-refractivity contribution is 0.670. The van der Waals surface area contributed by atoms with Crippen molar-refractivity contribution in [3.8, 4) is 56.4 Å². The third-order valence-corrected chi connectivity index (χ3v) is 12.5. The van der Waals surface area contributed by atoms with Crippen molar-refractivity contribution < 1.29 is 4.42 Å². The van der Waals surface area contributed by atoms with Gasteiger partial charge in [-0.3, -0.25) is 0 Å². The van der Waals surface area contributed by atoms with Gasteiger partial charge in [-0.05, 0) is 86.8 Å². The van der Waals surface area contributed by atoms with Crippen LogP contribution in [0.2, 0.25) is 0 Å². The molecule has 4 nitrogen and oxygen atoms in total. The summed E-state index contributed by atoms with van der Waals surface area (Å²) in [5.41, 5.74) is 8.97. The summed E-state index contributed by atoms with van der Waals surface area (Å²) >= 11 is 1.81. The van der Waals surface area contributed by atoms with Gasteiger partial charge in [-0.2, -0.15) is 0 Å². The maximum atomic E-state index is 6.84. The van der Waals surface area contributed by atoms with Crippen LogP contribution in [0.5, 0.6) is 0 Å². The molecule has 0 fully saturated rings. The van der Waals surface area contributed by atoms with Crippen LogP contribution in [0.3, 0.4) is 0 Å². The summed E-state index contributed by atoms with van der Waals surface area (Å²) in [6.45, 7) is 0. The van der Waals surface area contributed by atoms with Crippen molar-refractivity contribution in [2.75, 3.05) is 0 Å². The van der Waals surface area contributed by atoms with Gasteiger partial charge in [0.1, 0.15) is 11.2 Å². The Kier molecular flexibility index (Phi) is 7.37. The Balaban J connectivity index is 1.01. The Bertz CT molecular complexity index is 3570. The molecule has 0 spiro atoms. The van der Waals surface area contributed by atoms with Gasteiger partial charge in [0.25, 0.3) is 0 Å². The number of hydrogen-bond donors (Lipinski definition) is 0. The number of nitrogens with zero attached hydrogens (tertiary/aromatic N) is 3. The molecule has 0 aliphatic rings. The average molecular weight is 758 g/mol. The molecule has 0 radical (unpaired) electrons. The smallest absolute Gasteiger partial charge is 0.164 e. The molecule has 0 aliphatic heterocycles. The molecule has 12 rings (SSSR count). The summed E-state index contributed by atoms with van der Waals surface area (Å²) in [7, 11) is 0. The van der Waals surface area contributed by atoms with Gasteiger partial charge in [0.15, 0.2) is 17.5 Å². The second-order valence-electron chi connectivity index (χ2n) is 14.8. The van der Waals surface area contributed by atoms with Crippen LogP contribution in [0.15, 0.2) is 192 Å². The maximum absolute atomic E-state index is 6.84. The van der Waals surface area contributed by atoms with Crippen molar-refractivity contribution in [3.05, 3.63) is 188 Å². The molecule has 0 saturated carbocycles. The zero-order chi connectivity index (χ0) is 38.2. The average Bonchev–Trinajstić information content (AvgIpc) is 3.86. The lowest BCUT2D eigenvalue weighted by Crippen LogP contribution is -2.00. The normalized spacial score (nSPS) is 11.8. The van der Waals surface area contributed by atoms with Crippen LogP contribution in [0, 0.1) is 0 Å². The van der Waals surface area contributed by atoms with E-state index in [0.29, 0.717) is 17.5 Å². The number of rotatable bonds is 5. The molecule has 0 N–H and O–H groups in total. The summed E-state index contributed by atoms with van der Waals surface area (Å²) in [5.74, 6) is 1.92. The highest BCUT2D eigenvalue weighted by Gasteiger charge is 2.19. The van der Waals surface area contributed by atoms with E-state index in [9.17, 15) is 0 Å². The molecule has 0 aliphatic carbocycles.